The van der Waals surface area contributed by atoms with Crippen LogP contribution in [-0.4, -0.2) is 63.9 Å². The van der Waals surface area contributed by atoms with E-state index in [1.807, 2.05) is 0 Å². The molecule has 12 nitrogen and oxygen atoms in total. The summed E-state index contributed by atoms with van der Waals surface area (Å²) in [7, 11) is -4.29. The van der Waals surface area contributed by atoms with E-state index in [1.165, 1.54) is 31.3 Å². The largest absolute Gasteiger partial charge is 0.478 e. The van der Waals surface area contributed by atoms with E-state index in [-0.39, 0.29) is 18.2 Å². The van der Waals surface area contributed by atoms with Gasteiger partial charge in [-0.2, -0.15) is 10.1 Å². The number of benzene rings is 1. The van der Waals surface area contributed by atoms with Gasteiger partial charge in [0.05, 0.1) is 19.3 Å². The van der Waals surface area contributed by atoms with Crippen LogP contribution in [0, 0.1) is 0 Å². The predicted octanol–water partition coefficient (Wildman–Crippen LogP) is 2.76. The fraction of sp³-hybridized carbons (Fsp3) is 0.542. The second-order valence-corrected chi connectivity index (χ2v) is 10.7. The maximum absolute atomic E-state index is 15.6. The summed E-state index contributed by atoms with van der Waals surface area (Å²) in [5.41, 5.74) is -3.30. The number of ether oxygens (including phenoxy) is 3. The van der Waals surface area contributed by atoms with Gasteiger partial charge in [0.1, 0.15) is 24.0 Å². The van der Waals surface area contributed by atoms with Crippen molar-refractivity contribution in [1.29, 1.82) is 0 Å². The Morgan fingerprint density at radius 3 is 2.58 bits per heavy atom. The third-order valence-corrected chi connectivity index (χ3v) is 7.14. The van der Waals surface area contributed by atoms with E-state index in [4.69, 9.17) is 23.3 Å². The van der Waals surface area contributed by atoms with Crippen molar-refractivity contribution in [3.05, 3.63) is 53.1 Å². The molecule has 1 aliphatic rings. The smallest absolute Gasteiger partial charge is 0.459 e. The molecule has 3 rings (SSSR count). The van der Waals surface area contributed by atoms with Crippen LogP contribution in [0.25, 0.3) is 0 Å². The first kappa shape index (κ1) is 29.7. The summed E-state index contributed by atoms with van der Waals surface area (Å²) in [6.07, 6.45) is -3.88. The summed E-state index contributed by atoms with van der Waals surface area (Å²) in [6.45, 7) is 7.19. The molecule has 0 amide bonds. The molecule has 1 saturated heterocycles. The van der Waals surface area contributed by atoms with Crippen LogP contribution >= 0.6 is 7.75 Å². The van der Waals surface area contributed by atoms with Crippen molar-refractivity contribution in [2.45, 2.75) is 70.9 Å². The zero-order valence-corrected chi connectivity index (χ0v) is 22.7. The minimum Gasteiger partial charge on any atom is -0.478 e. The Balaban J connectivity index is 1.79. The van der Waals surface area contributed by atoms with Crippen LogP contribution in [0.5, 0.6) is 11.6 Å². The van der Waals surface area contributed by atoms with Gasteiger partial charge in [-0.05, 0) is 46.8 Å². The summed E-state index contributed by atoms with van der Waals surface area (Å²) < 4.78 is 57.1. The number of hydrogen-bond donors (Lipinski definition) is 2. The van der Waals surface area contributed by atoms with Crippen molar-refractivity contribution in [2.24, 2.45) is 0 Å². The summed E-state index contributed by atoms with van der Waals surface area (Å²) in [4.78, 5) is 28.5. The first-order valence-corrected chi connectivity index (χ1v) is 13.6. The maximum atomic E-state index is 15.6. The monoisotopic (exact) mass is 557 g/mol. The van der Waals surface area contributed by atoms with E-state index in [0.29, 0.717) is 0 Å². The van der Waals surface area contributed by atoms with Crippen LogP contribution in [0.3, 0.4) is 0 Å². The molecule has 0 spiro atoms. The topological polar surface area (TPSA) is 147 Å². The Morgan fingerprint density at radius 1 is 1.29 bits per heavy atom. The summed E-state index contributed by atoms with van der Waals surface area (Å²) in [6, 6.07) is 8.31. The van der Waals surface area contributed by atoms with Crippen molar-refractivity contribution in [3.63, 3.8) is 0 Å². The number of carbonyl (C=O) groups is 1. The van der Waals surface area contributed by atoms with Crippen LogP contribution in [0.1, 0.15) is 40.8 Å². The number of aliphatic hydroxyl groups excluding tert-OH is 1. The van der Waals surface area contributed by atoms with Gasteiger partial charge >= 0.3 is 19.4 Å². The molecule has 1 aliphatic heterocycles. The highest BCUT2D eigenvalue weighted by molar-refractivity contribution is 7.52. The van der Waals surface area contributed by atoms with E-state index in [1.54, 1.807) is 39.0 Å². The Morgan fingerprint density at radius 2 is 1.97 bits per heavy atom. The van der Waals surface area contributed by atoms with E-state index < -0.39 is 62.3 Å². The molecule has 1 aromatic heterocycles. The van der Waals surface area contributed by atoms with E-state index >= 15 is 4.39 Å². The average molecular weight is 558 g/mol. The number of halogens is 1. The SMILES string of the molecule is CCOc1ccn([C@@H]2O[C@H](COP(=O)(N[C@@H](C)C(=O)OC(C)C)Oc3ccccc3)[C@H](O)C2(C)F)c(=O)n1. The van der Waals surface area contributed by atoms with Gasteiger partial charge in [-0.1, -0.05) is 18.2 Å². The lowest BCUT2D eigenvalue weighted by Gasteiger charge is -2.25. The second kappa shape index (κ2) is 12.4. The van der Waals surface area contributed by atoms with Gasteiger partial charge in [-0.15, -0.1) is 0 Å². The highest BCUT2D eigenvalue weighted by atomic mass is 31.2. The molecule has 0 bridgehead atoms. The first-order chi connectivity index (χ1) is 17.9. The first-order valence-electron chi connectivity index (χ1n) is 12.1. The maximum Gasteiger partial charge on any atom is 0.459 e. The van der Waals surface area contributed by atoms with Gasteiger partial charge in [-0.25, -0.2) is 13.8 Å². The van der Waals surface area contributed by atoms with Gasteiger partial charge in [0, 0.05) is 12.3 Å². The molecule has 2 N–H and O–H groups in total. The molecule has 2 aromatic rings. The number of aliphatic hydroxyl groups is 1. The van der Waals surface area contributed by atoms with E-state index in [0.717, 1.165) is 11.5 Å². The number of hydrogen-bond acceptors (Lipinski definition) is 10. The number of rotatable bonds is 12. The third-order valence-electron chi connectivity index (χ3n) is 5.50. The lowest BCUT2D eigenvalue weighted by molar-refractivity contribution is -0.149. The van der Waals surface area contributed by atoms with Gasteiger partial charge in [-0.3, -0.25) is 13.9 Å². The Kier molecular flexibility index (Phi) is 9.66. The third kappa shape index (κ3) is 7.17. The molecule has 0 aliphatic carbocycles. The minimum atomic E-state index is -4.29. The lowest BCUT2D eigenvalue weighted by atomic mass is 9.98. The number of carbonyl (C=O) groups excluding carboxylic acids is 1. The normalized spacial score (nSPS) is 25.5. The fourth-order valence-corrected chi connectivity index (χ4v) is 5.16. The predicted molar refractivity (Wildman–Crippen MR) is 134 cm³/mol. The van der Waals surface area contributed by atoms with Gasteiger partial charge < -0.3 is 23.8 Å². The molecular formula is C24H33FN3O9P. The molecule has 6 atom stereocenters. The molecule has 0 radical (unpaired) electrons. The average Bonchev–Trinajstić information content (AvgIpc) is 3.06. The summed E-state index contributed by atoms with van der Waals surface area (Å²) >= 11 is 0. The van der Waals surface area contributed by atoms with Crippen molar-refractivity contribution in [3.8, 4) is 11.6 Å². The molecule has 38 heavy (non-hydrogen) atoms. The van der Waals surface area contributed by atoms with Crippen molar-refractivity contribution >= 4 is 13.7 Å². The van der Waals surface area contributed by atoms with Crippen molar-refractivity contribution < 1.29 is 42.1 Å². The molecule has 14 heteroatoms. The Hall–Kier alpha value is -2.83. The Bertz CT molecular complexity index is 1190. The van der Waals surface area contributed by atoms with Crippen LogP contribution in [-0.2, 0) is 23.4 Å². The van der Waals surface area contributed by atoms with E-state index in [9.17, 15) is 19.3 Å². The van der Waals surface area contributed by atoms with Crippen molar-refractivity contribution in [2.75, 3.05) is 13.2 Å². The standard InChI is InChI=1S/C24H33FN3O9P/c1-6-33-19-12-13-28(23(31)26-19)22-24(5,25)20(29)18(36-22)14-34-38(32,37-17-10-8-7-9-11-17)27-16(4)21(30)35-15(2)3/h7-13,15-16,18,20,22,29H,6,14H2,1-5H3,(H,27,32)/t16-,18+,20-,22+,24?,38?/m0/s1. The minimum absolute atomic E-state index is 0.0583. The number of para-hydroxylation sites is 1. The second-order valence-electron chi connectivity index (χ2n) is 9.05. The van der Waals surface area contributed by atoms with Crippen LogP contribution < -0.4 is 20.0 Å². The number of alkyl halides is 1. The summed E-state index contributed by atoms with van der Waals surface area (Å²) in [5, 5.41) is 13.2. The van der Waals surface area contributed by atoms with Gasteiger partial charge in [0.15, 0.2) is 11.9 Å². The lowest BCUT2D eigenvalue weighted by Crippen LogP contribution is -2.43. The number of aromatic nitrogens is 2. The van der Waals surface area contributed by atoms with Gasteiger partial charge in [0.25, 0.3) is 0 Å². The molecule has 1 aromatic carbocycles. The quantitative estimate of drug-likeness (QED) is 0.293. The highest BCUT2D eigenvalue weighted by Crippen LogP contribution is 2.47. The molecule has 210 valence electrons. The van der Waals surface area contributed by atoms with Crippen LogP contribution in [0.4, 0.5) is 4.39 Å². The molecule has 2 heterocycles. The zero-order valence-electron chi connectivity index (χ0n) is 21.8. The van der Waals surface area contributed by atoms with E-state index in [2.05, 4.69) is 10.1 Å². The molecule has 1 fully saturated rings. The summed E-state index contributed by atoms with van der Waals surface area (Å²) in [5.74, 6) is -0.472. The van der Waals surface area contributed by atoms with Crippen LogP contribution in [0.15, 0.2) is 47.4 Å². The number of nitrogens with one attached hydrogen (secondary N) is 1. The Labute approximate surface area is 219 Å². The molecule has 0 saturated carbocycles. The van der Waals surface area contributed by atoms with Gasteiger partial charge in [0.2, 0.25) is 5.88 Å². The molecule has 2 unspecified atom stereocenters. The molecular weight excluding hydrogens is 524 g/mol. The zero-order chi connectivity index (χ0) is 28.1. The van der Waals surface area contributed by atoms with Crippen LogP contribution in [0.2, 0.25) is 0 Å². The number of esters is 1. The number of nitrogens with zero attached hydrogens (tertiary/aromatic N) is 2. The fourth-order valence-electron chi connectivity index (χ4n) is 3.66. The van der Waals surface area contributed by atoms with Crippen molar-refractivity contribution in [1.82, 2.24) is 14.6 Å². The highest BCUT2D eigenvalue weighted by Gasteiger charge is 2.56.